The molecule has 0 bridgehead atoms. The molecular formula is C20H30O5. The van der Waals surface area contributed by atoms with Crippen molar-refractivity contribution in [3.8, 4) is 0 Å². The van der Waals surface area contributed by atoms with Crippen molar-refractivity contribution in [3.63, 3.8) is 0 Å². The molecule has 5 nitrogen and oxygen atoms in total. The summed E-state index contributed by atoms with van der Waals surface area (Å²) in [5, 5.41) is 32.7. The van der Waals surface area contributed by atoms with E-state index in [1.165, 1.54) is 6.08 Å². The first kappa shape index (κ1) is 18.6. The Labute approximate surface area is 149 Å². The smallest absolute Gasteiger partial charge is 0.336 e. The molecule has 3 aliphatic rings. The zero-order valence-electron chi connectivity index (χ0n) is 15.7. The van der Waals surface area contributed by atoms with Gasteiger partial charge in [-0.05, 0) is 55.1 Å². The van der Waals surface area contributed by atoms with Gasteiger partial charge >= 0.3 is 5.97 Å². The van der Waals surface area contributed by atoms with Crippen LogP contribution in [0, 0.1) is 22.7 Å². The predicted octanol–water partition coefficient (Wildman–Crippen LogP) is 2.31. The van der Waals surface area contributed by atoms with Crippen molar-refractivity contribution < 1.29 is 24.9 Å². The highest BCUT2D eigenvalue weighted by atomic mass is 16.5. The topological polar surface area (TPSA) is 87.0 Å². The van der Waals surface area contributed by atoms with Crippen molar-refractivity contribution in [2.24, 2.45) is 22.7 Å². The molecule has 140 valence electrons. The summed E-state index contributed by atoms with van der Waals surface area (Å²) in [5.41, 5.74) is -1.36. The van der Waals surface area contributed by atoms with E-state index in [1.807, 2.05) is 0 Å². The first-order valence-corrected chi connectivity index (χ1v) is 9.12. The highest BCUT2D eigenvalue weighted by molar-refractivity contribution is 5.88. The molecule has 0 amide bonds. The Morgan fingerprint density at radius 2 is 1.84 bits per heavy atom. The highest BCUT2D eigenvalue weighted by Gasteiger charge is 2.64. The number of allylic oxidation sites excluding steroid dienone is 1. The van der Waals surface area contributed by atoms with E-state index in [-0.39, 0.29) is 11.3 Å². The minimum Gasteiger partial charge on any atom is -0.423 e. The Hall–Kier alpha value is -1.17. The first-order chi connectivity index (χ1) is 11.4. The van der Waals surface area contributed by atoms with Crippen molar-refractivity contribution in [2.75, 3.05) is 0 Å². The second kappa shape index (κ2) is 5.66. The van der Waals surface area contributed by atoms with Gasteiger partial charge in [0.1, 0.15) is 11.9 Å². The van der Waals surface area contributed by atoms with Gasteiger partial charge in [0.05, 0.1) is 11.7 Å². The van der Waals surface area contributed by atoms with Crippen LogP contribution in [-0.4, -0.2) is 39.1 Å². The maximum Gasteiger partial charge on any atom is 0.336 e. The summed E-state index contributed by atoms with van der Waals surface area (Å²) in [6.45, 7) is 9.69. The molecule has 0 aromatic carbocycles. The summed E-state index contributed by atoms with van der Waals surface area (Å²) in [6, 6.07) is 0. The van der Waals surface area contributed by atoms with E-state index in [2.05, 4.69) is 20.8 Å². The van der Waals surface area contributed by atoms with Gasteiger partial charge in [0.25, 0.3) is 0 Å². The predicted molar refractivity (Wildman–Crippen MR) is 93.3 cm³/mol. The number of ether oxygens (including phenoxy) is 1. The number of esters is 1. The minimum atomic E-state index is -1.51. The number of hydrogen-bond donors (Lipinski definition) is 3. The second-order valence-corrected chi connectivity index (χ2v) is 9.24. The van der Waals surface area contributed by atoms with Crippen molar-refractivity contribution in [1.29, 1.82) is 0 Å². The molecule has 0 unspecified atom stereocenters. The van der Waals surface area contributed by atoms with Crippen LogP contribution in [0.3, 0.4) is 0 Å². The third-order valence-corrected chi connectivity index (χ3v) is 6.94. The second-order valence-electron chi connectivity index (χ2n) is 9.24. The van der Waals surface area contributed by atoms with E-state index in [9.17, 15) is 20.1 Å². The summed E-state index contributed by atoms with van der Waals surface area (Å²) in [7, 11) is 0. The number of carbonyl (C=O) groups excluding carboxylic acids is 1. The van der Waals surface area contributed by atoms with Gasteiger partial charge in [-0.25, -0.2) is 4.79 Å². The average molecular weight is 350 g/mol. The third-order valence-electron chi connectivity index (χ3n) is 6.94. The molecule has 6 atom stereocenters. The average Bonchev–Trinajstić information content (AvgIpc) is 2.79. The van der Waals surface area contributed by atoms with Gasteiger partial charge in [0, 0.05) is 12.0 Å². The molecular weight excluding hydrogens is 320 g/mol. The van der Waals surface area contributed by atoms with Gasteiger partial charge in [-0.3, -0.25) is 0 Å². The Kier molecular flexibility index (Phi) is 4.22. The van der Waals surface area contributed by atoms with Crippen LogP contribution in [0.4, 0.5) is 0 Å². The van der Waals surface area contributed by atoms with Crippen LogP contribution in [0.15, 0.2) is 23.5 Å². The number of hydrogen-bond acceptors (Lipinski definition) is 5. The van der Waals surface area contributed by atoms with Gasteiger partial charge in [0.2, 0.25) is 0 Å². The maximum atomic E-state index is 11.6. The minimum absolute atomic E-state index is 0.155. The Bertz CT molecular complexity index is 644. The van der Waals surface area contributed by atoms with Gasteiger partial charge in [-0.15, -0.1) is 0 Å². The largest absolute Gasteiger partial charge is 0.423 e. The maximum absolute atomic E-state index is 11.6. The number of rotatable bonds is 1. The lowest BCUT2D eigenvalue weighted by atomic mass is 9.44. The Balaban J connectivity index is 2.12. The standard InChI is InChI=1S/C20H30O5/c1-11-9-14(21)25-12(11)10-13-19(4)8-6-7-18(2,3)16(19)15(22)17(23)20(13,5)24/h9-10,13,15-17,22-24H,6-8H2,1-5H3/b12-10+/t13-,15-,16+,17+,19-,20+/m1/s1. The molecule has 1 aliphatic heterocycles. The normalized spacial score (nSPS) is 48.1. The van der Waals surface area contributed by atoms with Gasteiger partial charge in [0.15, 0.2) is 0 Å². The zero-order chi connectivity index (χ0) is 18.8. The molecule has 0 aromatic rings. The fourth-order valence-corrected chi connectivity index (χ4v) is 5.85. The zero-order valence-corrected chi connectivity index (χ0v) is 15.7. The Morgan fingerprint density at radius 3 is 2.40 bits per heavy atom. The van der Waals surface area contributed by atoms with Crippen LogP contribution in [-0.2, 0) is 9.53 Å². The molecule has 2 saturated carbocycles. The van der Waals surface area contributed by atoms with Crippen molar-refractivity contribution >= 4 is 5.97 Å². The number of cyclic esters (lactones) is 1. The van der Waals surface area contributed by atoms with Gasteiger partial charge in [-0.2, -0.15) is 0 Å². The molecule has 1 heterocycles. The van der Waals surface area contributed by atoms with Crippen LogP contribution in [0.2, 0.25) is 0 Å². The molecule has 0 saturated heterocycles. The van der Waals surface area contributed by atoms with E-state index in [0.29, 0.717) is 5.76 Å². The first-order valence-electron chi connectivity index (χ1n) is 9.12. The fraction of sp³-hybridized carbons (Fsp3) is 0.750. The molecule has 25 heavy (non-hydrogen) atoms. The van der Waals surface area contributed by atoms with Crippen LogP contribution >= 0.6 is 0 Å². The number of aliphatic hydroxyl groups excluding tert-OH is 2. The lowest BCUT2D eigenvalue weighted by Crippen LogP contribution is -2.69. The van der Waals surface area contributed by atoms with Gasteiger partial charge < -0.3 is 20.1 Å². The number of fused-ring (bicyclic) bond motifs is 1. The quantitative estimate of drug-likeness (QED) is 0.632. The highest BCUT2D eigenvalue weighted by Crippen LogP contribution is 2.62. The van der Waals surface area contributed by atoms with E-state index in [1.54, 1.807) is 19.9 Å². The summed E-state index contributed by atoms with van der Waals surface area (Å²) < 4.78 is 5.28. The number of aliphatic hydroxyl groups is 3. The van der Waals surface area contributed by atoms with Crippen molar-refractivity contribution in [2.45, 2.75) is 71.7 Å². The van der Waals surface area contributed by atoms with Crippen molar-refractivity contribution in [3.05, 3.63) is 23.5 Å². The fourth-order valence-electron chi connectivity index (χ4n) is 5.85. The molecule has 5 heteroatoms. The summed E-state index contributed by atoms with van der Waals surface area (Å²) in [4.78, 5) is 11.6. The van der Waals surface area contributed by atoms with Gasteiger partial charge in [-0.1, -0.05) is 27.2 Å². The molecule has 0 spiro atoms. The molecule has 0 aromatic heterocycles. The van der Waals surface area contributed by atoms with E-state index >= 15 is 0 Å². The summed E-state index contributed by atoms with van der Waals surface area (Å²) in [5.74, 6) is -0.563. The monoisotopic (exact) mass is 350 g/mol. The summed E-state index contributed by atoms with van der Waals surface area (Å²) in [6.07, 6.45) is 3.77. The molecule has 2 aliphatic carbocycles. The molecule has 2 fully saturated rings. The SMILES string of the molecule is CC1=CC(=O)O/C1=C/[C@H]1[C@](C)(O)[C@@H](O)[C@H](O)[C@H]2C(C)(C)CCC[C@@]21C. The third kappa shape index (κ3) is 2.68. The molecule has 0 radical (unpaired) electrons. The summed E-state index contributed by atoms with van der Waals surface area (Å²) >= 11 is 0. The number of carbonyl (C=O) groups is 1. The lowest BCUT2D eigenvalue weighted by molar-refractivity contribution is -0.255. The lowest BCUT2D eigenvalue weighted by Gasteiger charge is -2.63. The molecule has 3 rings (SSSR count). The van der Waals surface area contributed by atoms with Crippen molar-refractivity contribution in [1.82, 2.24) is 0 Å². The Morgan fingerprint density at radius 1 is 1.20 bits per heavy atom. The van der Waals surface area contributed by atoms with Crippen LogP contribution in [0.1, 0.15) is 53.9 Å². The molecule has 3 N–H and O–H groups in total. The van der Waals surface area contributed by atoms with E-state index in [4.69, 9.17) is 4.74 Å². The van der Waals surface area contributed by atoms with Crippen LogP contribution < -0.4 is 0 Å². The van der Waals surface area contributed by atoms with Crippen LogP contribution in [0.5, 0.6) is 0 Å². The van der Waals surface area contributed by atoms with Crippen LogP contribution in [0.25, 0.3) is 0 Å². The van der Waals surface area contributed by atoms with E-state index < -0.39 is 35.1 Å². The van der Waals surface area contributed by atoms with E-state index in [0.717, 1.165) is 24.8 Å².